The van der Waals surface area contributed by atoms with Gasteiger partial charge in [-0.3, -0.25) is 5.32 Å². The molecule has 3 aromatic rings. The minimum absolute atomic E-state index is 0.0761. The number of amides is 2. The van der Waals surface area contributed by atoms with E-state index in [9.17, 15) is 17.6 Å². The first-order chi connectivity index (χ1) is 12.4. The molecular weight excluding hydrogens is 401 g/mol. The summed E-state index contributed by atoms with van der Waals surface area (Å²) in [6, 6.07) is 5.34. The van der Waals surface area contributed by atoms with Crippen LogP contribution in [0.3, 0.4) is 0 Å². The van der Waals surface area contributed by atoms with Gasteiger partial charge in [0.15, 0.2) is 5.13 Å². The molecule has 26 heavy (non-hydrogen) atoms. The van der Waals surface area contributed by atoms with Crippen molar-refractivity contribution < 1.29 is 17.6 Å². The third kappa shape index (κ3) is 4.80. The lowest BCUT2D eigenvalue weighted by atomic mass is 10.2. The number of aromatic nitrogens is 3. The Morgan fingerprint density at radius 3 is 2.85 bits per heavy atom. The second kappa shape index (κ2) is 7.85. The molecule has 2 amide bonds. The lowest BCUT2D eigenvalue weighted by Crippen LogP contribution is -2.28. The number of carbonyl (C=O) groups excluding carboxylic acids is 1. The Balaban J connectivity index is 1.55. The van der Waals surface area contributed by atoms with Crippen LogP contribution in [0.5, 0.6) is 0 Å². The number of urea groups is 1. The maximum absolute atomic E-state index is 13.1. The molecule has 0 fully saturated rings. The average molecular weight is 413 g/mol. The van der Waals surface area contributed by atoms with Crippen LogP contribution in [0.1, 0.15) is 11.3 Å². The third-order valence-electron chi connectivity index (χ3n) is 3.06. The second-order valence-corrected chi connectivity index (χ2v) is 8.90. The Morgan fingerprint density at radius 2 is 2.12 bits per heavy atom. The SMILES string of the molecule is O=C(NCc1cccc(F)c1)Nc1nc(CS(=O)(=O)c2nncs2)cs1. The molecule has 0 aliphatic rings. The van der Waals surface area contributed by atoms with Gasteiger partial charge < -0.3 is 5.32 Å². The minimum atomic E-state index is -3.61. The van der Waals surface area contributed by atoms with Gasteiger partial charge >= 0.3 is 6.03 Å². The summed E-state index contributed by atoms with van der Waals surface area (Å²) < 4.78 is 37.3. The summed E-state index contributed by atoms with van der Waals surface area (Å²) in [5.41, 5.74) is 2.25. The highest BCUT2D eigenvalue weighted by Crippen LogP contribution is 2.21. The van der Waals surface area contributed by atoms with E-state index in [2.05, 4.69) is 25.8 Å². The number of anilines is 1. The van der Waals surface area contributed by atoms with Gasteiger partial charge in [-0.05, 0) is 17.7 Å². The van der Waals surface area contributed by atoms with Gasteiger partial charge in [0.1, 0.15) is 17.1 Å². The van der Waals surface area contributed by atoms with E-state index in [4.69, 9.17) is 0 Å². The molecule has 136 valence electrons. The van der Waals surface area contributed by atoms with Crippen molar-refractivity contribution in [3.05, 3.63) is 52.2 Å². The highest BCUT2D eigenvalue weighted by atomic mass is 32.2. The van der Waals surface area contributed by atoms with Gasteiger partial charge in [-0.15, -0.1) is 21.5 Å². The number of nitrogens with one attached hydrogen (secondary N) is 2. The van der Waals surface area contributed by atoms with E-state index in [0.29, 0.717) is 11.3 Å². The summed E-state index contributed by atoms with van der Waals surface area (Å²) in [5, 5.41) is 13.9. The Hall–Kier alpha value is -2.44. The van der Waals surface area contributed by atoms with Crippen molar-refractivity contribution in [3.8, 4) is 0 Å². The summed E-state index contributed by atoms with van der Waals surface area (Å²) in [4.78, 5) is 15.9. The van der Waals surface area contributed by atoms with E-state index in [0.717, 1.165) is 22.7 Å². The molecule has 0 saturated heterocycles. The van der Waals surface area contributed by atoms with Crippen LogP contribution in [0.2, 0.25) is 0 Å². The zero-order valence-corrected chi connectivity index (χ0v) is 15.5. The summed E-state index contributed by atoms with van der Waals surface area (Å²) in [7, 11) is -3.61. The number of halogens is 1. The predicted octanol–water partition coefficient (Wildman–Crippen LogP) is 2.43. The highest BCUT2D eigenvalue weighted by Gasteiger charge is 2.21. The van der Waals surface area contributed by atoms with Gasteiger partial charge in [0.25, 0.3) is 0 Å². The summed E-state index contributed by atoms with van der Waals surface area (Å²) in [6.07, 6.45) is 0. The standard InChI is InChI=1S/C14H12FN5O3S3/c15-10-3-1-2-9(4-10)5-16-12(21)19-13-18-11(6-24-13)7-26(22,23)14-20-17-8-25-14/h1-4,6,8H,5,7H2,(H2,16,18,19,21). The molecule has 1 aromatic carbocycles. The van der Waals surface area contributed by atoms with Gasteiger partial charge in [0, 0.05) is 11.9 Å². The highest BCUT2D eigenvalue weighted by molar-refractivity contribution is 7.92. The van der Waals surface area contributed by atoms with Crippen molar-refractivity contribution in [1.82, 2.24) is 20.5 Å². The van der Waals surface area contributed by atoms with Crippen LogP contribution in [-0.4, -0.2) is 29.6 Å². The molecule has 0 aliphatic heterocycles. The number of benzene rings is 1. The molecule has 0 aliphatic carbocycles. The van der Waals surface area contributed by atoms with Crippen molar-refractivity contribution in [1.29, 1.82) is 0 Å². The maximum atomic E-state index is 13.1. The first-order valence-corrected chi connectivity index (χ1v) is 10.6. The number of thiazole rings is 1. The molecular formula is C14H12FN5O3S3. The molecule has 0 radical (unpaired) electrons. The quantitative estimate of drug-likeness (QED) is 0.642. The van der Waals surface area contributed by atoms with Crippen LogP contribution in [0, 0.1) is 5.82 Å². The number of sulfone groups is 1. The van der Waals surface area contributed by atoms with Gasteiger partial charge in [0.2, 0.25) is 14.2 Å². The molecule has 12 heteroatoms. The molecule has 0 unspecified atom stereocenters. The molecule has 2 N–H and O–H groups in total. The average Bonchev–Trinajstić information content (AvgIpc) is 3.25. The first-order valence-electron chi connectivity index (χ1n) is 7.15. The van der Waals surface area contributed by atoms with Crippen LogP contribution >= 0.6 is 22.7 Å². The molecule has 0 bridgehead atoms. The molecule has 8 nitrogen and oxygen atoms in total. The molecule has 0 saturated carbocycles. The Bertz CT molecular complexity index is 1000. The normalized spacial score (nSPS) is 11.3. The molecule has 0 spiro atoms. The van der Waals surface area contributed by atoms with Crippen LogP contribution in [0.15, 0.2) is 39.5 Å². The van der Waals surface area contributed by atoms with E-state index < -0.39 is 15.9 Å². The lowest BCUT2D eigenvalue weighted by molar-refractivity contribution is 0.251. The van der Waals surface area contributed by atoms with E-state index >= 15 is 0 Å². The van der Waals surface area contributed by atoms with E-state index in [1.807, 2.05) is 0 Å². The Labute approximate surface area is 156 Å². The van der Waals surface area contributed by atoms with Gasteiger partial charge in [-0.2, -0.15) is 0 Å². The van der Waals surface area contributed by atoms with Crippen molar-refractivity contribution in [2.75, 3.05) is 5.32 Å². The number of carbonyl (C=O) groups is 1. The van der Waals surface area contributed by atoms with Crippen LogP contribution < -0.4 is 10.6 Å². The fourth-order valence-electron chi connectivity index (χ4n) is 1.96. The smallest absolute Gasteiger partial charge is 0.321 e. The zero-order valence-electron chi connectivity index (χ0n) is 13.0. The molecule has 3 rings (SSSR count). The first kappa shape index (κ1) is 18.4. The zero-order chi connectivity index (χ0) is 18.6. The Morgan fingerprint density at radius 1 is 1.27 bits per heavy atom. The number of hydrogen-bond donors (Lipinski definition) is 2. The van der Waals surface area contributed by atoms with Gasteiger partial charge in [-0.1, -0.05) is 23.5 Å². The van der Waals surface area contributed by atoms with E-state index in [1.165, 1.54) is 17.6 Å². The summed E-state index contributed by atoms with van der Waals surface area (Å²) in [6.45, 7) is 0.146. The lowest BCUT2D eigenvalue weighted by Gasteiger charge is -2.05. The number of rotatable bonds is 6. The third-order valence-corrected chi connectivity index (χ3v) is 6.69. The fraction of sp³-hybridized carbons (Fsp3) is 0.143. The second-order valence-electron chi connectivity index (χ2n) is 5.05. The number of hydrogen-bond acceptors (Lipinski definition) is 8. The summed E-state index contributed by atoms with van der Waals surface area (Å²) >= 11 is 2.03. The largest absolute Gasteiger partial charge is 0.334 e. The maximum Gasteiger partial charge on any atom is 0.321 e. The molecule has 2 heterocycles. The van der Waals surface area contributed by atoms with Gasteiger partial charge in [-0.25, -0.2) is 22.6 Å². The number of nitrogens with zero attached hydrogens (tertiary/aromatic N) is 3. The predicted molar refractivity (Wildman–Crippen MR) is 95.2 cm³/mol. The van der Waals surface area contributed by atoms with E-state index in [1.54, 1.807) is 17.5 Å². The van der Waals surface area contributed by atoms with Crippen LogP contribution in [-0.2, 0) is 22.1 Å². The van der Waals surface area contributed by atoms with Crippen molar-refractivity contribution >= 4 is 43.7 Å². The van der Waals surface area contributed by atoms with Crippen molar-refractivity contribution in [3.63, 3.8) is 0 Å². The summed E-state index contributed by atoms with van der Waals surface area (Å²) in [5.74, 6) is -0.712. The van der Waals surface area contributed by atoms with Gasteiger partial charge in [0.05, 0.1) is 5.69 Å². The topological polar surface area (TPSA) is 114 Å². The van der Waals surface area contributed by atoms with Crippen molar-refractivity contribution in [2.24, 2.45) is 0 Å². The van der Waals surface area contributed by atoms with Crippen LogP contribution in [0.4, 0.5) is 14.3 Å². The van der Waals surface area contributed by atoms with Crippen molar-refractivity contribution in [2.45, 2.75) is 16.6 Å². The van der Waals surface area contributed by atoms with Crippen LogP contribution in [0.25, 0.3) is 0 Å². The monoisotopic (exact) mass is 413 g/mol. The molecule has 0 atom stereocenters. The Kier molecular flexibility index (Phi) is 5.54. The van der Waals surface area contributed by atoms with E-state index in [-0.39, 0.29) is 27.6 Å². The minimum Gasteiger partial charge on any atom is -0.334 e. The fourth-order valence-corrected chi connectivity index (χ4v) is 4.77. The molecule has 2 aromatic heterocycles.